The van der Waals surface area contributed by atoms with Gasteiger partial charge in [-0.05, 0) is 34.4 Å². The summed E-state index contributed by atoms with van der Waals surface area (Å²) in [5.74, 6) is 1.67. The number of rotatable bonds is 4. The topological polar surface area (TPSA) is 74.3 Å². The Labute approximate surface area is 207 Å². The van der Waals surface area contributed by atoms with Crippen LogP contribution in [0.1, 0.15) is 12.5 Å². The molecular formula is C28H27N5O3. The first kappa shape index (κ1) is 22.2. The van der Waals surface area contributed by atoms with E-state index in [2.05, 4.69) is 11.8 Å². The fourth-order valence-electron chi connectivity index (χ4n) is 5.24. The van der Waals surface area contributed by atoms with Crippen molar-refractivity contribution in [2.24, 2.45) is 13.0 Å². The van der Waals surface area contributed by atoms with Crippen LogP contribution in [0.2, 0.25) is 0 Å². The van der Waals surface area contributed by atoms with E-state index in [1.807, 2.05) is 71.3 Å². The van der Waals surface area contributed by atoms with E-state index in [0.717, 1.165) is 34.3 Å². The molecule has 3 heterocycles. The number of benzene rings is 3. The zero-order valence-electron chi connectivity index (χ0n) is 20.5. The molecule has 0 bridgehead atoms. The fraction of sp³-hybridized carbons (Fsp3) is 0.250. The molecule has 0 spiro atoms. The third-order valence-corrected chi connectivity index (χ3v) is 7.02. The highest BCUT2D eigenvalue weighted by atomic mass is 16.5. The number of methoxy groups -OCH3 is 1. The zero-order valence-corrected chi connectivity index (χ0v) is 20.5. The predicted molar refractivity (Wildman–Crippen MR) is 141 cm³/mol. The summed E-state index contributed by atoms with van der Waals surface area (Å²) in [5, 5.41) is 2.10. The first-order chi connectivity index (χ1) is 17.5. The van der Waals surface area contributed by atoms with Gasteiger partial charge in [0.2, 0.25) is 5.95 Å². The Morgan fingerprint density at radius 2 is 1.78 bits per heavy atom. The van der Waals surface area contributed by atoms with Crippen molar-refractivity contribution in [2.45, 2.75) is 20.0 Å². The first-order valence-electron chi connectivity index (χ1n) is 12.0. The van der Waals surface area contributed by atoms with Crippen LogP contribution in [0.25, 0.3) is 21.9 Å². The highest BCUT2D eigenvalue weighted by molar-refractivity contribution is 5.85. The van der Waals surface area contributed by atoms with Crippen molar-refractivity contribution in [3.05, 3.63) is 93.1 Å². The largest absolute Gasteiger partial charge is 0.497 e. The van der Waals surface area contributed by atoms with Crippen molar-refractivity contribution in [1.29, 1.82) is 0 Å². The summed E-state index contributed by atoms with van der Waals surface area (Å²) in [5.41, 5.74) is 2.01. The third-order valence-electron chi connectivity index (χ3n) is 7.02. The first-order valence-corrected chi connectivity index (χ1v) is 12.0. The molecule has 0 saturated heterocycles. The molecule has 2 aromatic heterocycles. The van der Waals surface area contributed by atoms with Crippen LogP contribution in [0.3, 0.4) is 0 Å². The molecule has 0 fully saturated rings. The summed E-state index contributed by atoms with van der Waals surface area (Å²) in [6, 6.07) is 21.8. The third kappa shape index (κ3) is 3.40. The molecule has 6 rings (SSSR count). The minimum atomic E-state index is -0.378. The van der Waals surface area contributed by atoms with E-state index in [4.69, 9.17) is 9.72 Å². The van der Waals surface area contributed by atoms with Gasteiger partial charge < -0.3 is 14.2 Å². The summed E-state index contributed by atoms with van der Waals surface area (Å²) >= 11 is 0. The second-order valence-electron chi connectivity index (χ2n) is 9.48. The molecule has 8 heteroatoms. The van der Waals surface area contributed by atoms with Gasteiger partial charge in [0.15, 0.2) is 11.2 Å². The van der Waals surface area contributed by atoms with Crippen LogP contribution in [0.4, 0.5) is 11.6 Å². The van der Waals surface area contributed by atoms with Gasteiger partial charge in [0.05, 0.1) is 13.7 Å². The Morgan fingerprint density at radius 1 is 1.00 bits per heavy atom. The second kappa shape index (κ2) is 8.41. The number of aromatic nitrogens is 4. The Morgan fingerprint density at radius 3 is 2.61 bits per heavy atom. The molecule has 1 aliphatic rings. The van der Waals surface area contributed by atoms with Crippen LogP contribution in [0, 0.1) is 5.92 Å². The van der Waals surface area contributed by atoms with Gasteiger partial charge in [-0.25, -0.2) is 4.79 Å². The van der Waals surface area contributed by atoms with Gasteiger partial charge in [-0.2, -0.15) is 4.98 Å². The van der Waals surface area contributed by atoms with Gasteiger partial charge in [0.1, 0.15) is 5.75 Å². The van der Waals surface area contributed by atoms with E-state index in [1.165, 1.54) is 9.13 Å². The molecule has 5 aromatic rings. The van der Waals surface area contributed by atoms with Crippen LogP contribution >= 0.6 is 0 Å². The van der Waals surface area contributed by atoms with Gasteiger partial charge in [-0.3, -0.25) is 13.9 Å². The van der Waals surface area contributed by atoms with E-state index < -0.39 is 0 Å². The van der Waals surface area contributed by atoms with Crippen LogP contribution in [0.15, 0.2) is 76.3 Å². The van der Waals surface area contributed by atoms with E-state index in [-0.39, 0.29) is 23.7 Å². The monoisotopic (exact) mass is 481 g/mol. The quantitative estimate of drug-likeness (QED) is 0.389. The molecule has 0 amide bonds. The minimum Gasteiger partial charge on any atom is -0.497 e. The molecule has 0 saturated carbocycles. The molecular weight excluding hydrogens is 454 g/mol. The normalized spacial score (nSPS) is 15.4. The molecule has 36 heavy (non-hydrogen) atoms. The fourth-order valence-corrected chi connectivity index (χ4v) is 5.24. The molecule has 1 aliphatic heterocycles. The molecule has 3 aromatic carbocycles. The van der Waals surface area contributed by atoms with E-state index in [1.54, 1.807) is 14.2 Å². The van der Waals surface area contributed by atoms with Gasteiger partial charge in [0, 0.05) is 31.9 Å². The zero-order chi connectivity index (χ0) is 25.0. The maximum Gasteiger partial charge on any atom is 0.332 e. The number of fused-ring (bicyclic) bond motifs is 4. The number of imidazole rings is 1. The average Bonchev–Trinajstić information content (AvgIpc) is 3.29. The van der Waals surface area contributed by atoms with Crippen molar-refractivity contribution in [1.82, 2.24) is 18.7 Å². The summed E-state index contributed by atoms with van der Waals surface area (Å²) in [7, 11) is 3.32. The number of aryl methyl sites for hydroxylation is 1. The Bertz CT molecular complexity index is 1740. The lowest BCUT2D eigenvalue weighted by atomic mass is 10.0. The average molecular weight is 482 g/mol. The smallest absolute Gasteiger partial charge is 0.332 e. The Balaban J connectivity index is 1.55. The molecule has 1 atom stereocenters. The molecule has 182 valence electrons. The van der Waals surface area contributed by atoms with Crippen molar-refractivity contribution in [2.75, 3.05) is 18.6 Å². The van der Waals surface area contributed by atoms with E-state index in [0.29, 0.717) is 23.7 Å². The minimum absolute atomic E-state index is 0.193. The molecule has 0 aliphatic carbocycles. The molecule has 8 nitrogen and oxygen atoms in total. The maximum atomic E-state index is 13.9. The maximum absolute atomic E-state index is 13.9. The van der Waals surface area contributed by atoms with E-state index >= 15 is 0 Å². The summed E-state index contributed by atoms with van der Waals surface area (Å²) in [6.45, 7) is 3.74. The van der Waals surface area contributed by atoms with Crippen molar-refractivity contribution < 1.29 is 4.74 Å². The lowest BCUT2D eigenvalue weighted by molar-refractivity contribution is 0.414. The van der Waals surface area contributed by atoms with Crippen molar-refractivity contribution in [3.63, 3.8) is 0 Å². The summed E-state index contributed by atoms with van der Waals surface area (Å²) in [4.78, 5) is 34.2. The molecule has 0 radical (unpaired) electrons. The SMILES string of the molecule is COc1cccc(N2C[C@@H](C)Cn3c2nc2c3c(=O)n(Cc3cccc4ccccc34)c(=O)n2C)c1. The number of hydrogen-bond acceptors (Lipinski definition) is 5. The number of anilines is 2. The Hall–Kier alpha value is -4.33. The molecule has 0 unspecified atom stereocenters. The lowest BCUT2D eigenvalue weighted by Crippen LogP contribution is -2.40. The second-order valence-corrected chi connectivity index (χ2v) is 9.48. The Kier molecular flexibility index (Phi) is 5.17. The van der Waals surface area contributed by atoms with Gasteiger partial charge in [-0.1, -0.05) is 55.5 Å². The van der Waals surface area contributed by atoms with Crippen LogP contribution < -0.4 is 20.9 Å². The highest BCUT2D eigenvalue weighted by Crippen LogP contribution is 2.34. The standard InChI is InChI=1S/C28H27N5O3/c1-18-15-31(21-11-7-12-22(14-21)36-3)27-29-25-24(32(27)16-18)26(34)33(28(35)30(25)2)17-20-10-6-9-19-8-4-5-13-23(19)20/h4-14,18H,15-17H2,1-3H3/t18-/m1/s1. The molecule has 0 N–H and O–H groups in total. The van der Waals surface area contributed by atoms with Crippen LogP contribution in [-0.4, -0.2) is 32.3 Å². The van der Waals surface area contributed by atoms with Gasteiger partial charge >= 0.3 is 5.69 Å². The van der Waals surface area contributed by atoms with Crippen molar-refractivity contribution in [3.8, 4) is 5.75 Å². The predicted octanol–water partition coefficient (Wildman–Crippen LogP) is 3.89. The number of nitrogens with zero attached hydrogens (tertiary/aromatic N) is 5. The lowest BCUT2D eigenvalue weighted by Gasteiger charge is -2.33. The van der Waals surface area contributed by atoms with Gasteiger partial charge in [0.25, 0.3) is 5.56 Å². The summed E-state index contributed by atoms with van der Waals surface area (Å²) in [6.07, 6.45) is 0. The number of ether oxygens (including phenoxy) is 1. The van der Waals surface area contributed by atoms with Crippen LogP contribution in [-0.2, 0) is 20.1 Å². The highest BCUT2D eigenvalue weighted by Gasteiger charge is 2.30. The van der Waals surface area contributed by atoms with Crippen molar-refractivity contribution >= 4 is 33.6 Å². The van der Waals surface area contributed by atoms with Gasteiger partial charge in [-0.15, -0.1) is 0 Å². The van der Waals surface area contributed by atoms with Crippen LogP contribution in [0.5, 0.6) is 5.75 Å². The number of hydrogen-bond donors (Lipinski definition) is 0. The summed E-state index contributed by atoms with van der Waals surface area (Å²) < 4.78 is 10.2. The van der Waals surface area contributed by atoms with E-state index in [9.17, 15) is 9.59 Å².